The summed E-state index contributed by atoms with van der Waals surface area (Å²) >= 11 is 0. The molecule has 6 aromatic rings. The van der Waals surface area contributed by atoms with Crippen LogP contribution in [0.15, 0.2) is 94.6 Å². The minimum Gasteiger partial charge on any atom is -0.491 e. The van der Waals surface area contributed by atoms with Gasteiger partial charge in [-0.3, -0.25) is 19.1 Å². The molecule has 2 N–H and O–H groups in total. The van der Waals surface area contributed by atoms with Crippen molar-refractivity contribution in [1.82, 2.24) is 24.4 Å². The van der Waals surface area contributed by atoms with Crippen LogP contribution in [-0.2, 0) is 6.54 Å². The van der Waals surface area contributed by atoms with E-state index in [1.165, 1.54) is 12.7 Å². The van der Waals surface area contributed by atoms with Crippen LogP contribution in [0.2, 0.25) is 0 Å². The molecule has 0 spiro atoms. The van der Waals surface area contributed by atoms with E-state index in [0.29, 0.717) is 29.2 Å². The molecule has 10 nitrogen and oxygen atoms in total. The number of methoxy groups -OCH3 is 1. The Morgan fingerprint density at radius 1 is 0.844 bits per heavy atom. The Hall–Kier alpha value is -5.35. The zero-order valence-corrected chi connectivity index (χ0v) is 24.8. The summed E-state index contributed by atoms with van der Waals surface area (Å²) in [6.07, 6.45) is 1.68. The number of nitrogens with two attached hydrogens (primary N) is 1. The highest BCUT2D eigenvalue weighted by atomic mass is 16.5. The smallest absolute Gasteiger partial charge is 0.272 e. The predicted molar refractivity (Wildman–Crippen MR) is 174 cm³/mol. The van der Waals surface area contributed by atoms with Crippen molar-refractivity contribution in [3.05, 3.63) is 111 Å². The molecule has 224 valence electrons. The van der Waals surface area contributed by atoms with Gasteiger partial charge in [0.2, 0.25) is 0 Å². The van der Waals surface area contributed by atoms with Crippen LogP contribution in [0.3, 0.4) is 0 Å². The average Bonchev–Trinajstić information content (AvgIpc) is 3.75. The molecule has 2 atom stereocenters. The molecule has 0 aliphatic carbocycles. The van der Waals surface area contributed by atoms with Gasteiger partial charge in [-0.1, -0.05) is 42.5 Å². The number of nitrogens with zero attached hydrogens (tertiary/aromatic N) is 6. The molecular weight excluding hydrogens is 566 g/mol. The summed E-state index contributed by atoms with van der Waals surface area (Å²) in [5, 5.41) is 0. The van der Waals surface area contributed by atoms with E-state index in [1.54, 1.807) is 6.20 Å². The van der Waals surface area contributed by atoms with Gasteiger partial charge in [-0.25, -0.2) is 15.0 Å². The van der Waals surface area contributed by atoms with Crippen LogP contribution in [0.25, 0.3) is 39.5 Å². The van der Waals surface area contributed by atoms with Crippen molar-refractivity contribution in [3.63, 3.8) is 0 Å². The SMILES string of the molecule is COc1c(N2CC3CN(Cc4ccc(-n5c(-c6cccnc6N)nc6ccc(-c7ccccc7)nc65)cc4)CC3C2)c(=O)c1=O. The van der Waals surface area contributed by atoms with E-state index in [4.69, 9.17) is 20.4 Å². The number of rotatable bonds is 7. The monoisotopic (exact) mass is 597 g/mol. The van der Waals surface area contributed by atoms with Gasteiger partial charge in [-0.15, -0.1) is 0 Å². The van der Waals surface area contributed by atoms with Crippen molar-refractivity contribution in [2.75, 3.05) is 43.9 Å². The van der Waals surface area contributed by atoms with Gasteiger partial charge in [0.1, 0.15) is 17.0 Å². The number of fused-ring (bicyclic) bond motifs is 2. The van der Waals surface area contributed by atoms with Gasteiger partial charge in [0, 0.05) is 50.2 Å². The molecule has 0 saturated carbocycles. The van der Waals surface area contributed by atoms with E-state index in [1.807, 2.05) is 47.4 Å². The molecule has 2 aliphatic rings. The topological polar surface area (TPSA) is 119 Å². The fourth-order valence-electron chi connectivity index (χ4n) is 7.00. The molecule has 2 saturated heterocycles. The molecular formula is C35H31N7O3. The number of likely N-dealkylation sites (tertiary alicyclic amines) is 1. The molecule has 0 bridgehead atoms. The summed E-state index contributed by atoms with van der Waals surface area (Å²) in [6.45, 7) is 4.27. The minimum atomic E-state index is -0.512. The van der Waals surface area contributed by atoms with Crippen molar-refractivity contribution in [1.29, 1.82) is 0 Å². The van der Waals surface area contributed by atoms with E-state index in [2.05, 4.69) is 50.8 Å². The predicted octanol–water partition coefficient (Wildman–Crippen LogP) is 3.90. The number of imidazole rings is 1. The first-order valence-electron chi connectivity index (χ1n) is 15.1. The quantitative estimate of drug-likeness (QED) is 0.273. The van der Waals surface area contributed by atoms with Crippen LogP contribution in [0, 0.1) is 11.8 Å². The number of anilines is 2. The largest absolute Gasteiger partial charge is 0.491 e. The van der Waals surface area contributed by atoms with Gasteiger partial charge >= 0.3 is 0 Å². The van der Waals surface area contributed by atoms with E-state index < -0.39 is 10.9 Å². The Labute approximate surface area is 259 Å². The highest BCUT2D eigenvalue weighted by Gasteiger charge is 2.42. The number of aromatic nitrogens is 4. The molecule has 2 fully saturated rings. The van der Waals surface area contributed by atoms with Crippen molar-refractivity contribution in [3.8, 4) is 34.1 Å². The third-order valence-electron chi connectivity index (χ3n) is 9.18. The number of pyridine rings is 2. The Kier molecular flexibility index (Phi) is 6.45. The van der Waals surface area contributed by atoms with E-state index in [9.17, 15) is 9.59 Å². The van der Waals surface area contributed by atoms with Gasteiger partial charge in [-0.05, 0) is 53.8 Å². The lowest BCUT2D eigenvalue weighted by Gasteiger charge is -2.24. The second kappa shape index (κ2) is 10.7. The number of nitrogen functional groups attached to an aromatic ring is 1. The molecule has 10 heteroatoms. The molecule has 0 radical (unpaired) electrons. The molecule has 3 aromatic carbocycles. The molecule has 2 unspecified atom stereocenters. The van der Waals surface area contributed by atoms with Crippen molar-refractivity contribution < 1.29 is 4.74 Å². The molecule has 8 rings (SSSR count). The van der Waals surface area contributed by atoms with Gasteiger partial charge in [0.15, 0.2) is 17.2 Å². The van der Waals surface area contributed by atoms with Gasteiger partial charge in [0.25, 0.3) is 10.9 Å². The summed E-state index contributed by atoms with van der Waals surface area (Å²) in [6, 6.07) is 26.5. The normalized spacial score (nSPS) is 18.2. The molecule has 0 amide bonds. The Morgan fingerprint density at radius 3 is 2.31 bits per heavy atom. The maximum atomic E-state index is 12.2. The fourth-order valence-corrected chi connectivity index (χ4v) is 7.00. The zero-order valence-electron chi connectivity index (χ0n) is 24.8. The third kappa shape index (κ3) is 4.56. The summed E-state index contributed by atoms with van der Waals surface area (Å²) < 4.78 is 7.24. The summed E-state index contributed by atoms with van der Waals surface area (Å²) in [5.74, 6) is 2.22. The van der Waals surface area contributed by atoms with Crippen LogP contribution in [0.5, 0.6) is 5.75 Å². The lowest BCUT2D eigenvalue weighted by atomic mass is 10.0. The van der Waals surface area contributed by atoms with Crippen LogP contribution >= 0.6 is 0 Å². The first-order valence-corrected chi connectivity index (χ1v) is 15.1. The number of hydrogen-bond acceptors (Lipinski definition) is 9. The number of ether oxygens (including phenoxy) is 1. The molecule has 2 aliphatic heterocycles. The molecule has 3 aromatic heterocycles. The first-order chi connectivity index (χ1) is 22.0. The maximum Gasteiger partial charge on any atom is 0.272 e. The lowest BCUT2D eigenvalue weighted by Crippen LogP contribution is -2.41. The van der Waals surface area contributed by atoms with Gasteiger partial charge < -0.3 is 15.4 Å². The number of hydrogen-bond donors (Lipinski definition) is 1. The summed E-state index contributed by atoms with van der Waals surface area (Å²) in [4.78, 5) is 42.8. The van der Waals surface area contributed by atoms with Crippen LogP contribution in [0.1, 0.15) is 5.56 Å². The summed E-state index contributed by atoms with van der Waals surface area (Å²) in [7, 11) is 1.45. The van der Waals surface area contributed by atoms with Crippen LogP contribution in [0.4, 0.5) is 11.5 Å². The second-order valence-corrected chi connectivity index (χ2v) is 11.9. The van der Waals surface area contributed by atoms with E-state index in [-0.39, 0.29) is 5.75 Å². The standard InChI is InChI=1S/C35H31N7O3/c1-45-32-29(30(43)31(32)44)41-19-23-17-40(18-24(23)20-41)16-21-9-11-25(12-10-21)42-34(26-8-5-15-37-33(26)36)39-28-14-13-27(38-35(28)42)22-6-3-2-4-7-22/h2-15,23-24H,16-20H2,1H3,(H2,36,37). The average molecular weight is 598 g/mol. The van der Waals surface area contributed by atoms with Gasteiger partial charge in [0.05, 0.1) is 18.4 Å². The highest BCUT2D eigenvalue weighted by molar-refractivity contribution is 5.84. The van der Waals surface area contributed by atoms with Gasteiger partial charge in [-0.2, -0.15) is 0 Å². The molecule has 5 heterocycles. The minimum absolute atomic E-state index is 0.212. The molecule has 45 heavy (non-hydrogen) atoms. The third-order valence-corrected chi connectivity index (χ3v) is 9.18. The lowest BCUT2D eigenvalue weighted by molar-refractivity contribution is 0.308. The first kappa shape index (κ1) is 27.2. The maximum absolute atomic E-state index is 12.2. The zero-order chi connectivity index (χ0) is 30.7. The fraction of sp³-hybridized carbons (Fsp3) is 0.229. The summed E-state index contributed by atoms with van der Waals surface area (Å²) in [5.41, 5.74) is 12.2. The number of benzene rings is 2. The Bertz CT molecular complexity index is 2100. The van der Waals surface area contributed by atoms with E-state index in [0.717, 1.165) is 66.4 Å². The Balaban J connectivity index is 1.06. The van der Waals surface area contributed by atoms with Crippen LogP contribution in [-0.4, -0.2) is 57.7 Å². The highest BCUT2D eigenvalue weighted by Crippen LogP contribution is 2.37. The van der Waals surface area contributed by atoms with Crippen LogP contribution < -0.4 is 26.2 Å². The second-order valence-electron chi connectivity index (χ2n) is 11.9. The Morgan fingerprint density at radius 2 is 1.60 bits per heavy atom. The van der Waals surface area contributed by atoms with Crippen molar-refractivity contribution in [2.24, 2.45) is 11.8 Å². The van der Waals surface area contributed by atoms with Crippen molar-refractivity contribution >= 4 is 22.7 Å². The van der Waals surface area contributed by atoms with Crippen molar-refractivity contribution in [2.45, 2.75) is 6.54 Å². The van der Waals surface area contributed by atoms with E-state index >= 15 is 0 Å².